The summed E-state index contributed by atoms with van der Waals surface area (Å²) >= 11 is 1.81. The Morgan fingerprint density at radius 1 is 1.57 bits per heavy atom. The third kappa shape index (κ3) is 4.35. The Morgan fingerprint density at radius 3 is 2.79 bits per heavy atom. The van der Waals surface area contributed by atoms with E-state index in [1.807, 2.05) is 11.3 Å². The number of aryl methyl sites for hydroxylation is 1. The lowest BCUT2D eigenvalue weighted by atomic mass is 10.3. The maximum absolute atomic E-state index is 10.9. The third-order valence-corrected chi connectivity index (χ3v) is 3.88. The highest BCUT2D eigenvalue weighted by molar-refractivity contribution is 7.84. The number of thiophene rings is 1. The molecular weight excluding hydrogens is 214 g/mol. The molecule has 2 atom stereocenters. The van der Waals surface area contributed by atoms with Crippen LogP contribution in [0.2, 0.25) is 0 Å². The van der Waals surface area contributed by atoms with Gasteiger partial charge in [-0.1, -0.05) is 0 Å². The van der Waals surface area contributed by atoms with Crippen LogP contribution in [0, 0.1) is 6.92 Å². The lowest BCUT2D eigenvalue weighted by Crippen LogP contribution is -2.30. The first-order valence-corrected chi connectivity index (χ1v) is 7.21. The Morgan fingerprint density at radius 2 is 2.29 bits per heavy atom. The molecule has 1 aromatic heterocycles. The molecule has 0 radical (unpaired) electrons. The van der Waals surface area contributed by atoms with Crippen LogP contribution < -0.4 is 5.32 Å². The van der Waals surface area contributed by atoms with Gasteiger partial charge in [-0.3, -0.25) is 4.21 Å². The summed E-state index contributed by atoms with van der Waals surface area (Å²) in [6.45, 7) is 5.07. The smallest absolute Gasteiger partial charge is 0.0383 e. The van der Waals surface area contributed by atoms with Crippen molar-refractivity contribution in [3.05, 3.63) is 21.9 Å². The highest BCUT2D eigenvalue weighted by atomic mass is 32.2. The lowest BCUT2D eigenvalue weighted by Gasteiger charge is -2.10. The molecule has 80 valence electrons. The van der Waals surface area contributed by atoms with Crippen LogP contribution in [0.15, 0.2) is 12.1 Å². The van der Waals surface area contributed by atoms with Gasteiger partial charge in [0.05, 0.1) is 0 Å². The zero-order valence-electron chi connectivity index (χ0n) is 8.87. The van der Waals surface area contributed by atoms with Gasteiger partial charge < -0.3 is 5.32 Å². The van der Waals surface area contributed by atoms with Crippen LogP contribution in [0.1, 0.15) is 16.7 Å². The van der Waals surface area contributed by atoms with E-state index in [-0.39, 0.29) is 0 Å². The van der Waals surface area contributed by atoms with E-state index in [1.54, 1.807) is 6.26 Å². The van der Waals surface area contributed by atoms with Gasteiger partial charge in [-0.25, -0.2) is 0 Å². The van der Waals surface area contributed by atoms with Crippen molar-refractivity contribution >= 4 is 22.1 Å². The second-order valence-electron chi connectivity index (χ2n) is 3.53. The second-order valence-corrected chi connectivity index (χ2v) is 6.39. The largest absolute Gasteiger partial charge is 0.308 e. The van der Waals surface area contributed by atoms with Crippen molar-refractivity contribution in [3.63, 3.8) is 0 Å². The van der Waals surface area contributed by atoms with Gasteiger partial charge in [0.25, 0.3) is 0 Å². The molecule has 2 nitrogen and oxygen atoms in total. The molecule has 0 fully saturated rings. The van der Waals surface area contributed by atoms with Crippen molar-refractivity contribution in [3.8, 4) is 0 Å². The van der Waals surface area contributed by atoms with E-state index in [9.17, 15) is 4.21 Å². The van der Waals surface area contributed by atoms with Crippen LogP contribution in [-0.2, 0) is 17.3 Å². The Bertz CT molecular complexity index is 309. The zero-order valence-corrected chi connectivity index (χ0v) is 10.5. The molecule has 1 aromatic rings. The third-order valence-electron chi connectivity index (χ3n) is 1.91. The van der Waals surface area contributed by atoms with Gasteiger partial charge in [-0.2, -0.15) is 0 Å². The summed E-state index contributed by atoms with van der Waals surface area (Å²) in [5, 5.41) is 3.36. The van der Waals surface area contributed by atoms with Crippen LogP contribution in [0.4, 0.5) is 0 Å². The lowest BCUT2D eigenvalue weighted by molar-refractivity contribution is 0.591. The van der Waals surface area contributed by atoms with Gasteiger partial charge in [0.2, 0.25) is 0 Å². The Balaban J connectivity index is 2.30. The molecule has 4 heteroatoms. The van der Waals surface area contributed by atoms with Crippen molar-refractivity contribution < 1.29 is 4.21 Å². The standard InChI is InChI=1S/C10H17NOS2/c1-8(7-14(3)12)11-6-10-5-4-9(2)13-10/h4-5,8,11H,6-7H2,1-3H3. The Hall–Kier alpha value is -0.190. The fourth-order valence-corrected chi connectivity index (χ4v) is 2.93. The topological polar surface area (TPSA) is 29.1 Å². The van der Waals surface area contributed by atoms with E-state index >= 15 is 0 Å². The Kier molecular flexibility index (Phi) is 4.78. The molecule has 0 spiro atoms. The molecule has 1 N–H and O–H groups in total. The predicted molar refractivity (Wildman–Crippen MR) is 64.3 cm³/mol. The SMILES string of the molecule is Cc1ccc(CNC(C)CS(C)=O)s1. The average molecular weight is 231 g/mol. The van der Waals surface area contributed by atoms with E-state index < -0.39 is 10.8 Å². The highest BCUT2D eigenvalue weighted by Gasteiger charge is 2.04. The van der Waals surface area contributed by atoms with Crippen LogP contribution >= 0.6 is 11.3 Å². The number of nitrogens with one attached hydrogen (secondary N) is 1. The van der Waals surface area contributed by atoms with Gasteiger partial charge in [-0.15, -0.1) is 11.3 Å². The van der Waals surface area contributed by atoms with E-state index in [4.69, 9.17) is 0 Å². The maximum Gasteiger partial charge on any atom is 0.0383 e. The summed E-state index contributed by atoms with van der Waals surface area (Å²) < 4.78 is 10.9. The summed E-state index contributed by atoms with van der Waals surface area (Å²) in [6, 6.07) is 4.59. The van der Waals surface area contributed by atoms with Gasteiger partial charge in [0.15, 0.2) is 0 Å². The van der Waals surface area contributed by atoms with E-state index in [1.165, 1.54) is 9.75 Å². The van der Waals surface area contributed by atoms with Gasteiger partial charge in [0, 0.05) is 45.1 Å². The van der Waals surface area contributed by atoms with E-state index in [2.05, 4.69) is 31.3 Å². The maximum atomic E-state index is 10.9. The van der Waals surface area contributed by atoms with E-state index in [0.29, 0.717) is 6.04 Å². The molecule has 1 rings (SSSR count). The van der Waals surface area contributed by atoms with Crippen LogP contribution in [-0.4, -0.2) is 22.3 Å². The first-order chi connectivity index (χ1) is 6.58. The molecule has 14 heavy (non-hydrogen) atoms. The summed E-state index contributed by atoms with van der Waals surface area (Å²) in [6.07, 6.45) is 1.74. The van der Waals surface area contributed by atoms with E-state index in [0.717, 1.165) is 12.3 Å². The number of rotatable bonds is 5. The van der Waals surface area contributed by atoms with Crippen molar-refractivity contribution in [2.24, 2.45) is 0 Å². The average Bonchev–Trinajstić information content (AvgIpc) is 2.47. The number of hydrogen-bond acceptors (Lipinski definition) is 3. The molecule has 0 saturated carbocycles. The minimum Gasteiger partial charge on any atom is -0.308 e. The molecule has 0 bridgehead atoms. The minimum absolute atomic E-state index is 0.322. The van der Waals surface area contributed by atoms with Gasteiger partial charge in [0.1, 0.15) is 0 Å². The van der Waals surface area contributed by atoms with Crippen molar-refractivity contribution in [1.29, 1.82) is 0 Å². The monoisotopic (exact) mass is 231 g/mol. The molecule has 0 aliphatic rings. The van der Waals surface area contributed by atoms with Crippen molar-refractivity contribution in [2.75, 3.05) is 12.0 Å². The molecular formula is C10H17NOS2. The fourth-order valence-electron chi connectivity index (χ4n) is 1.27. The molecule has 2 unspecified atom stereocenters. The molecule has 1 heterocycles. The molecule has 0 amide bonds. The van der Waals surface area contributed by atoms with Gasteiger partial charge >= 0.3 is 0 Å². The van der Waals surface area contributed by atoms with Gasteiger partial charge in [-0.05, 0) is 26.0 Å². The summed E-state index contributed by atoms with van der Waals surface area (Å²) in [5.41, 5.74) is 0. The molecule has 0 aliphatic heterocycles. The fraction of sp³-hybridized carbons (Fsp3) is 0.600. The van der Waals surface area contributed by atoms with Crippen LogP contribution in [0.5, 0.6) is 0 Å². The molecule has 0 aromatic carbocycles. The summed E-state index contributed by atoms with van der Waals surface area (Å²) in [4.78, 5) is 2.68. The predicted octanol–water partition coefficient (Wildman–Crippen LogP) is 1.91. The second kappa shape index (κ2) is 5.63. The van der Waals surface area contributed by atoms with Crippen LogP contribution in [0.3, 0.4) is 0 Å². The first kappa shape index (κ1) is 11.9. The Labute approximate surface area is 92.2 Å². The summed E-state index contributed by atoms with van der Waals surface area (Å²) in [5.74, 6) is 0.727. The quantitative estimate of drug-likeness (QED) is 0.839. The molecule has 0 aliphatic carbocycles. The van der Waals surface area contributed by atoms with Crippen molar-refractivity contribution in [1.82, 2.24) is 5.32 Å². The summed E-state index contributed by atoms with van der Waals surface area (Å²) in [7, 11) is -0.707. The molecule has 0 saturated heterocycles. The van der Waals surface area contributed by atoms with Crippen molar-refractivity contribution in [2.45, 2.75) is 26.4 Å². The first-order valence-electron chi connectivity index (χ1n) is 4.66. The zero-order chi connectivity index (χ0) is 10.6. The normalized spacial score (nSPS) is 15.4. The number of hydrogen-bond donors (Lipinski definition) is 1. The minimum atomic E-state index is -0.707. The van der Waals surface area contributed by atoms with Crippen LogP contribution in [0.25, 0.3) is 0 Å². The highest BCUT2D eigenvalue weighted by Crippen LogP contribution is 2.14.